The SMILES string of the molecule is Cc1ccc(C#CC=O)cc1.Cc1ccc(C#CCO)cc1. The van der Waals surface area contributed by atoms with Crippen molar-refractivity contribution in [3.63, 3.8) is 0 Å². The maximum atomic E-state index is 9.87. The van der Waals surface area contributed by atoms with E-state index in [-0.39, 0.29) is 6.61 Å². The fourth-order valence-corrected chi connectivity index (χ4v) is 1.53. The Bertz CT molecular complexity index is 703. The van der Waals surface area contributed by atoms with Crippen molar-refractivity contribution in [3.05, 3.63) is 70.8 Å². The third-order valence-corrected chi connectivity index (χ3v) is 2.69. The molecule has 2 aromatic carbocycles. The van der Waals surface area contributed by atoms with Gasteiger partial charge in [0.25, 0.3) is 0 Å². The van der Waals surface area contributed by atoms with Crippen LogP contribution in [0.3, 0.4) is 0 Å². The van der Waals surface area contributed by atoms with Crippen molar-refractivity contribution in [2.24, 2.45) is 0 Å². The van der Waals surface area contributed by atoms with Gasteiger partial charge in [0, 0.05) is 11.1 Å². The van der Waals surface area contributed by atoms with Crippen molar-refractivity contribution in [2.75, 3.05) is 6.61 Å². The smallest absolute Gasteiger partial charge is 0.193 e. The van der Waals surface area contributed by atoms with Crippen molar-refractivity contribution in [1.29, 1.82) is 0 Å². The van der Waals surface area contributed by atoms with Gasteiger partial charge < -0.3 is 5.11 Å². The third kappa shape index (κ3) is 7.10. The van der Waals surface area contributed by atoms with Gasteiger partial charge in [0.1, 0.15) is 6.61 Å². The largest absolute Gasteiger partial charge is 0.384 e. The third-order valence-electron chi connectivity index (χ3n) is 2.69. The number of aliphatic hydroxyl groups excluding tert-OH is 1. The van der Waals surface area contributed by atoms with Gasteiger partial charge in [-0.25, -0.2) is 0 Å². The van der Waals surface area contributed by atoms with Gasteiger partial charge in [0.15, 0.2) is 6.29 Å². The Morgan fingerprint density at radius 2 is 1.32 bits per heavy atom. The summed E-state index contributed by atoms with van der Waals surface area (Å²) in [6, 6.07) is 15.6. The van der Waals surface area contributed by atoms with Crippen LogP contribution in [0.15, 0.2) is 48.5 Å². The molecule has 0 bridgehead atoms. The molecule has 2 rings (SSSR count). The fourth-order valence-electron chi connectivity index (χ4n) is 1.53. The van der Waals surface area contributed by atoms with Crippen LogP contribution in [0, 0.1) is 37.5 Å². The zero-order valence-electron chi connectivity index (χ0n) is 12.8. The van der Waals surface area contributed by atoms with Gasteiger partial charge in [-0.15, -0.1) is 0 Å². The predicted octanol–water partition coefficient (Wildman–Crippen LogP) is 2.88. The van der Waals surface area contributed by atoms with E-state index in [4.69, 9.17) is 5.11 Å². The minimum atomic E-state index is -0.0755. The quantitative estimate of drug-likeness (QED) is 0.598. The second-order valence-corrected chi connectivity index (χ2v) is 4.58. The van der Waals surface area contributed by atoms with E-state index in [0.29, 0.717) is 6.29 Å². The second kappa shape index (κ2) is 10.00. The predicted molar refractivity (Wildman–Crippen MR) is 89.3 cm³/mol. The summed E-state index contributed by atoms with van der Waals surface area (Å²) in [6.45, 7) is 3.97. The van der Waals surface area contributed by atoms with Crippen LogP contribution < -0.4 is 0 Å². The summed E-state index contributed by atoms with van der Waals surface area (Å²) in [5.41, 5.74) is 4.24. The Morgan fingerprint density at radius 1 is 0.864 bits per heavy atom. The van der Waals surface area contributed by atoms with Crippen LogP contribution >= 0.6 is 0 Å². The van der Waals surface area contributed by atoms with E-state index in [1.165, 1.54) is 11.1 Å². The summed E-state index contributed by atoms with van der Waals surface area (Å²) in [6.07, 6.45) is 0.597. The average molecular weight is 290 g/mol. The van der Waals surface area contributed by atoms with E-state index < -0.39 is 0 Å². The van der Waals surface area contributed by atoms with E-state index >= 15 is 0 Å². The minimum Gasteiger partial charge on any atom is -0.384 e. The summed E-state index contributed by atoms with van der Waals surface area (Å²) in [7, 11) is 0. The Hall–Kier alpha value is -2.81. The molecule has 22 heavy (non-hydrogen) atoms. The molecule has 0 heterocycles. The summed E-state index contributed by atoms with van der Waals surface area (Å²) in [5, 5.41) is 8.41. The van der Waals surface area contributed by atoms with Crippen LogP contribution in [0.25, 0.3) is 0 Å². The van der Waals surface area contributed by atoms with Gasteiger partial charge in [0.05, 0.1) is 0 Å². The Kier molecular flexibility index (Phi) is 7.83. The molecule has 110 valence electrons. The molecule has 0 atom stereocenters. The number of benzene rings is 2. The number of aryl methyl sites for hydroxylation is 2. The van der Waals surface area contributed by atoms with Crippen molar-refractivity contribution in [1.82, 2.24) is 0 Å². The van der Waals surface area contributed by atoms with Gasteiger partial charge in [-0.2, -0.15) is 0 Å². The molecule has 0 radical (unpaired) electrons. The lowest BCUT2D eigenvalue weighted by Crippen LogP contribution is -1.76. The lowest BCUT2D eigenvalue weighted by Gasteiger charge is -1.90. The maximum Gasteiger partial charge on any atom is 0.193 e. The van der Waals surface area contributed by atoms with E-state index in [1.54, 1.807) is 0 Å². The van der Waals surface area contributed by atoms with Crippen molar-refractivity contribution in [3.8, 4) is 23.7 Å². The van der Waals surface area contributed by atoms with Crippen molar-refractivity contribution in [2.45, 2.75) is 13.8 Å². The first kappa shape index (κ1) is 17.2. The topological polar surface area (TPSA) is 37.3 Å². The molecular formula is C20H18O2. The number of aliphatic hydroxyl groups is 1. The molecule has 1 N–H and O–H groups in total. The Balaban J connectivity index is 0.000000220. The van der Waals surface area contributed by atoms with Gasteiger partial charge in [-0.3, -0.25) is 4.79 Å². The molecule has 2 heteroatoms. The summed E-state index contributed by atoms with van der Waals surface area (Å²) >= 11 is 0. The molecule has 2 nitrogen and oxygen atoms in total. The summed E-state index contributed by atoms with van der Waals surface area (Å²) in [5.74, 6) is 10.5. The molecule has 0 fully saturated rings. The van der Waals surface area contributed by atoms with E-state index in [9.17, 15) is 4.79 Å². The molecule has 0 saturated carbocycles. The van der Waals surface area contributed by atoms with Crippen LogP contribution in [0.2, 0.25) is 0 Å². The number of hydrogen-bond donors (Lipinski definition) is 1. The van der Waals surface area contributed by atoms with Crippen LogP contribution in [0.4, 0.5) is 0 Å². The van der Waals surface area contributed by atoms with Crippen LogP contribution in [-0.4, -0.2) is 18.0 Å². The zero-order chi connectivity index (χ0) is 16.2. The van der Waals surface area contributed by atoms with Gasteiger partial charge in [-0.05, 0) is 44.0 Å². The van der Waals surface area contributed by atoms with Gasteiger partial charge in [0.2, 0.25) is 0 Å². The zero-order valence-corrected chi connectivity index (χ0v) is 12.8. The highest BCUT2D eigenvalue weighted by molar-refractivity contribution is 5.73. The number of carbonyl (C=O) groups is 1. The minimum absolute atomic E-state index is 0.0755. The van der Waals surface area contributed by atoms with Gasteiger partial charge >= 0.3 is 0 Å². The van der Waals surface area contributed by atoms with E-state index in [2.05, 4.69) is 23.7 Å². The molecule has 0 unspecified atom stereocenters. The first-order valence-electron chi connectivity index (χ1n) is 6.84. The average Bonchev–Trinajstić information content (AvgIpc) is 2.54. The number of aldehydes is 1. The summed E-state index contributed by atoms with van der Waals surface area (Å²) in [4.78, 5) is 9.87. The molecule has 0 aliphatic carbocycles. The highest BCUT2D eigenvalue weighted by Gasteiger charge is 1.84. The molecule has 0 aliphatic heterocycles. The normalized spacial score (nSPS) is 8.32. The van der Waals surface area contributed by atoms with E-state index in [1.807, 2.05) is 62.4 Å². The first-order valence-corrected chi connectivity index (χ1v) is 6.84. The maximum absolute atomic E-state index is 9.87. The number of rotatable bonds is 0. The lowest BCUT2D eigenvalue weighted by molar-refractivity contribution is -0.103. The van der Waals surface area contributed by atoms with Gasteiger partial charge in [-0.1, -0.05) is 53.2 Å². The molecule has 0 aromatic heterocycles. The lowest BCUT2D eigenvalue weighted by atomic mass is 10.2. The van der Waals surface area contributed by atoms with Crippen molar-refractivity contribution >= 4 is 6.29 Å². The molecule has 0 amide bonds. The highest BCUT2D eigenvalue weighted by atomic mass is 16.2. The molecular weight excluding hydrogens is 272 g/mol. The van der Waals surface area contributed by atoms with E-state index in [0.717, 1.165) is 11.1 Å². The monoisotopic (exact) mass is 290 g/mol. The molecule has 0 aliphatic rings. The molecule has 2 aromatic rings. The second-order valence-electron chi connectivity index (χ2n) is 4.58. The standard InChI is InChI=1S/C10H10O.C10H8O/c2*1-9-4-6-10(7-5-9)3-2-8-11/h4-7,11H,8H2,1H3;4-8H,1H3. The Morgan fingerprint density at radius 3 is 1.73 bits per heavy atom. The fraction of sp³-hybridized carbons (Fsp3) is 0.150. The number of carbonyl (C=O) groups excluding carboxylic acids is 1. The first-order chi connectivity index (χ1) is 10.7. The van der Waals surface area contributed by atoms with Crippen LogP contribution in [0.1, 0.15) is 22.3 Å². The Labute approximate surface area is 131 Å². The molecule has 0 spiro atoms. The number of hydrogen-bond acceptors (Lipinski definition) is 2. The van der Waals surface area contributed by atoms with Crippen molar-refractivity contribution < 1.29 is 9.90 Å². The van der Waals surface area contributed by atoms with Crippen LogP contribution in [0.5, 0.6) is 0 Å². The highest BCUT2D eigenvalue weighted by Crippen LogP contribution is 2.01. The molecule has 0 saturated heterocycles. The summed E-state index contributed by atoms with van der Waals surface area (Å²) < 4.78 is 0. The van der Waals surface area contributed by atoms with Crippen LogP contribution in [-0.2, 0) is 4.79 Å².